The molecule has 4 nitrogen and oxygen atoms in total. The number of carbonyl (C=O) groups excluding carboxylic acids is 1. The van der Waals surface area contributed by atoms with Gasteiger partial charge in [0.1, 0.15) is 5.57 Å². The topological polar surface area (TPSA) is 48.4 Å². The summed E-state index contributed by atoms with van der Waals surface area (Å²) in [5.74, 6) is 0.0482. The van der Waals surface area contributed by atoms with Gasteiger partial charge in [0.2, 0.25) is 0 Å². The molecule has 0 radical (unpaired) electrons. The third-order valence-corrected chi connectivity index (χ3v) is 5.10. The number of rotatable bonds is 8. The molecule has 0 spiro atoms. The Morgan fingerprint density at radius 1 is 1.27 bits per heavy atom. The minimum atomic E-state index is -0.433. The van der Waals surface area contributed by atoms with Crippen LogP contribution in [-0.4, -0.2) is 25.2 Å². The summed E-state index contributed by atoms with van der Waals surface area (Å²) >= 11 is 1.69. The van der Waals surface area contributed by atoms with E-state index in [1.54, 1.807) is 11.3 Å². The Hall–Kier alpha value is -2.40. The molecule has 5 heteroatoms. The molecule has 0 fully saturated rings. The molecule has 0 aliphatic heterocycles. The molecule has 1 heterocycles. The molecular formula is C21H25NO3S. The molecule has 1 aromatic carbocycles. The first-order valence-electron chi connectivity index (χ1n) is 8.64. The van der Waals surface area contributed by atoms with E-state index in [1.807, 2.05) is 36.4 Å². The minimum Gasteiger partial charge on any atom is -0.503 e. The first-order chi connectivity index (χ1) is 12.6. The summed E-state index contributed by atoms with van der Waals surface area (Å²) in [6.45, 7) is 4.40. The number of nitrogens with zero attached hydrogens (tertiary/aromatic N) is 1. The zero-order valence-electron chi connectivity index (χ0n) is 15.7. The lowest BCUT2D eigenvalue weighted by molar-refractivity contribution is -0.133. The van der Waals surface area contributed by atoms with Crippen LogP contribution in [0.25, 0.3) is 17.7 Å². The maximum absolute atomic E-state index is 12.1. The number of esters is 1. The first-order valence-corrected chi connectivity index (χ1v) is 9.52. The molecule has 2 aromatic rings. The van der Waals surface area contributed by atoms with Crippen LogP contribution in [0.5, 0.6) is 0 Å². The Labute approximate surface area is 159 Å². The standard InChI is InChI=1S/C21H25NO3S/c1-5-8-15(2)20-22-17(14-26-20)12-11-16-9-6-7-10-18(16)19(13-24-3)21(23)25-4/h6-7,9-15H,5,8H2,1-4H3/b12-11+,19-13+. The number of methoxy groups -OCH3 is 2. The quantitative estimate of drug-likeness (QED) is 0.355. The second-order valence-electron chi connectivity index (χ2n) is 5.98. The Balaban J connectivity index is 2.29. The van der Waals surface area contributed by atoms with Crippen LogP contribution >= 0.6 is 11.3 Å². The molecule has 0 amide bonds. The summed E-state index contributed by atoms with van der Waals surface area (Å²) in [5.41, 5.74) is 2.97. The van der Waals surface area contributed by atoms with Crippen LogP contribution in [0, 0.1) is 0 Å². The van der Waals surface area contributed by atoms with Crippen LogP contribution in [0.4, 0.5) is 0 Å². The molecule has 0 saturated carbocycles. The van der Waals surface area contributed by atoms with Crippen LogP contribution in [0.1, 0.15) is 54.4 Å². The van der Waals surface area contributed by atoms with Crippen molar-refractivity contribution in [2.24, 2.45) is 0 Å². The van der Waals surface area contributed by atoms with E-state index < -0.39 is 5.97 Å². The van der Waals surface area contributed by atoms with Crippen molar-refractivity contribution in [2.45, 2.75) is 32.6 Å². The molecule has 0 aliphatic rings. The van der Waals surface area contributed by atoms with Crippen LogP contribution < -0.4 is 0 Å². The number of thiazole rings is 1. The Bertz CT molecular complexity index is 792. The molecule has 0 bridgehead atoms. The minimum absolute atomic E-state index is 0.380. The molecule has 2 rings (SSSR count). The largest absolute Gasteiger partial charge is 0.503 e. The Morgan fingerprint density at radius 3 is 2.73 bits per heavy atom. The van der Waals surface area contributed by atoms with Gasteiger partial charge in [0, 0.05) is 11.3 Å². The van der Waals surface area contributed by atoms with Gasteiger partial charge in [0.15, 0.2) is 0 Å². The fraction of sp³-hybridized carbons (Fsp3) is 0.333. The molecular weight excluding hydrogens is 346 g/mol. The number of ether oxygens (including phenoxy) is 2. The van der Waals surface area contributed by atoms with Gasteiger partial charge in [-0.1, -0.05) is 50.6 Å². The lowest BCUT2D eigenvalue weighted by atomic mass is 10.00. The van der Waals surface area contributed by atoms with E-state index in [0.29, 0.717) is 11.5 Å². The second kappa shape index (κ2) is 9.92. The third-order valence-electron chi connectivity index (χ3n) is 4.01. The molecule has 0 aliphatic carbocycles. The first kappa shape index (κ1) is 19.9. The van der Waals surface area contributed by atoms with E-state index in [-0.39, 0.29) is 0 Å². The van der Waals surface area contributed by atoms with Gasteiger partial charge in [-0.15, -0.1) is 11.3 Å². The SMILES string of the molecule is CCCC(C)c1nc(/C=C/c2ccccc2/C(=C\OC)C(=O)OC)cs1. The van der Waals surface area contributed by atoms with E-state index in [0.717, 1.165) is 34.7 Å². The molecule has 1 unspecified atom stereocenters. The molecule has 1 aromatic heterocycles. The van der Waals surface area contributed by atoms with Crippen molar-refractivity contribution < 1.29 is 14.3 Å². The highest BCUT2D eigenvalue weighted by atomic mass is 32.1. The summed E-state index contributed by atoms with van der Waals surface area (Å²) in [7, 11) is 2.87. The highest BCUT2D eigenvalue weighted by Gasteiger charge is 2.15. The van der Waals surface area contributed by atoms with Crippen LogP contribution in [0.3, 0.4) is 0 Å². The fourth-order valence-corrected chi connectivity index (χ4v) is 3.55. The lowest BCUT2D eigenvalue weighted by Gasteiger charge is -2.08. The molecule has 138 valence electrons. The van der Waals surface area contributed by atoms with Gasteiger partial charge in [-0.3, -0.25) is 0 Å². The van der Waals surface area contributed by atoms with E-state index in [2.05, 4.69) is 19.2 Å². The van der Waals surface area contributed by atoms with Crippen molar-refractivity contribution in [1.29, 1.82) is 0 Å². The van der Waals surface area contributed by atoms with Crippen molar-refractivity contribution in [2.75, 3.05) is 14.2 Å². The Kier molecular flexibility index (Phi) is 7.60. The van der Waals surface area contributed by atoms with Crippen molar-refractivity contribution in [1.82, 2.24) is 4.98 Å². The fourth-order valence-electron chi connectivity index (χ4n) is 2.67. The van der Waals surface area contributed by atoms with E-state index in [9.17, 15) is 4.79 Å². The number of benzene rings is 1. The van der Waals surface area contributed by atoms with E-state index in [4.69, 9.17) is 14.5 Å². The monoisotopic (exact) mass is 371 g/mol. The molecule has 0 saturated heterocycles. The number of hydrogen-bond acceptors (Lipinski definition) is 5. The van der Waals surface area contributed by atoms with Crippen LogP contribution in [0.15, 0.2) is 35.9 Å². The van der Waals surface area contributed by atoms with Crippen molar-refractivity contribution in [3.8, 4) is 0 Å². The third kappa shape index (κ3) is 5.05. The lowest BCUT2D eigenvalue weighted by Crippen LogP contribution is -2.05. The average molecular weight is 372 g/mol. The highest BCUT2D eigenvalue weighted by Crippen LogP contribution is 2.26. The average Bonchev–Trinajstić information content (AvgIpc) is 3.13. The van der Waals surface area contributed by atoms with Crippen molar-refractivity contribution >= 4 is 35.0 Å². The van der Waals surface area contributed by atoms with Crippen molar-refractivity contribution in [3.05, 3.63) is 57.7 Å². The number of aromatic nitrogens is 1. The predicted octanol–water partition coefficient (Wildman–Crippen LogP) is 5.38. The van der Waals surface area contributed by atoms with Gasteiger partial charge in [0.05, 0.1) is 31.2 Å². The van der Waals surface area contributed by atoms with Gasteiger partial charge in [-0.2, -0.15) is 0 Å². The highest BCUT2D eigenvalue weighted by molar-refractivity contribution is 7.09. The molecule has 26 heavy (non-hydrogen) atoms. The van der Waals surface area contributed by atoms with Gasteiger partial charge in [0.25, 0.3) is 0 Å². The Morgan fingerprint density at radius 2 is 2.04 bits per heavy atom. The van der Waals surface area contributed by atoms with Crippen LogP contribution in [0.2, 0.25) is 0 Å². The number of hydrogen-bond donors (Lipinski definition) is 0. The summed E-state index contributed by atoms with van der Waals surface area (Å²) in [6.07, 6.45) is 7.64. The van der Waals surface area contributed by atoms with Gasteiger partial charge in [-0.05, 0) is 23.6 Å². The maximum atomic E-state index is 12.1. The van der Waals surface area contributed by atoms with Crippen molar-refractivity contribution in [3.63, 3.8) is 0 Å². The molecule has 1 atom stereocenters. The zero-order chi connectivity index (χ0) is 18.9. The predicted molar refractivity (Wildman–Crippen MR) is 108 cm³/mol. The summed E-state index contributed by atoms with van der Waals surface area (Å²) in [4.78, 5) is 16.8. The van der Waals surface area contributed by atoms with E-state index >= 15 is 0 Å². The van der Waals surface area contributed by atoms with Crippen LogP contribution in [-0.2, 0) is 14.3 Å². The smallest absolute Gasteiger partial charge is 0.341 e. The number of carbonyl (C=O) groups is 1. The van der Waals surface area contributed by atoms with Gasteiger partial charge in [-0.25, -0.2) is 9.78 Å². The normalized spacial score (nSPS) is 13.0. The van der Waals surface area contributed by atoms with Gasteiger partial charge < -0.3 is 9.47 Å². The second-order valence-corrected chi connectivity index (χ2v) is 6.87. The summed E-state index contributed by atoms with van der Waals surface area (Å²) in [6, 6.07) is 7.63. The summed E-state index contributed by atoms with van der Waals surface area (Å²) in [5, 5.41) is 3.22. The zero-order valence-corrected chi connectivity index (χ0v) is 16.5. The van der Waals surface area contributed by atoms with E-state index in [1.165, 1.54) is 20.5 Å². The molecule has 0 N–H and O–H groups in total. The van der Waals surface area contributed by atoms with Gasteiger partial charge >= 0.3 is 5.97 Å². The maximum Gasteiger partial charge on any atom is 0.341 e. The summed E-state index contributed by atoms with van der Waals surface area (Å²) < 4.78 is 9.92.